The molecule has 0 fully saturated rings. The second kappa shape index (κ2) is 6.48. The van der Waals surface area contributed by atoms with Crippen molar-refractivity contribution in [1.82, 2.24) is 4.90 Å². The molecule has 0 aromatic heterocycles. The molecule has 0 saturated heterocycles. The lowest BCUT2D eigenvalue weighted by atomic mass is 10.0. The summed E-state index contributed by atoms with van der Waals surface area (Å²) in [5, 5.41) is 0. The van der Waals surface area contributed by atoms with Gasteiger partial charge in [-0.25, -0.2) is 0 Å². The average molecular weight is 231 g/mol. The molecule has 0 aromatic carbocycles. The molecule has 0 aliphatic heterocycles. The molecule has 0 aliphatic rings. The Balaban J connectivity index is 4.37. The van der Waals surface area contributed by atoms with Gasteiger partial charge in [0, 0.05) is 13.7 Å². The van der Waals surface area contributed by atoms with Crippen LogP contribution < -0.4 is 0 Å². The maximum absolute atomic E-state index is 11.8. The van der Waals surface area contributed by atoms with Gasteiger partial charge in [-0.15, -0.1) is 0 Å². The highest BCUT2D eigenvalue weighted by Crippen LogP contribution is 2.14. The number of carbonyl (C=O) groups is 2. The number of carbonyl (C=O) groups excluding carboxylic acids is 2. The first kappa shape index (κ1) is 14.9. The smallest absolute Gasteiger partial charge is 0.325 e. The van der Waals surface area contributed by atoms with Crippen molar-refractivity contribution < 1.29 is 19.1 Å². The number of rotatable bonds is 6. The monoisotopic (exact) mass is 231 g/mol. The highest BCUT2D eigenvalue weighted by Gasteiger charge is 2.25. The number of methoxy groups -OCH3 is 2. The van der Waals surface area contributed by atoms with Crippen LogP contribution in [-0.2, 0) is 19.1 Å². The van der Waals surface area contributed by atoms with Gasteiger partial charge in [0.15, 0.2) is 0 Å². The first-order chi connectivity index (χ1) is 7.36. The Bertz CT molecular complexity index is 250. The van der Waals surface area contributed by atoms with Crippen molar-refractivity contribution in [2.75, 3.05) is 27.3 Å². The third-order valence-electron chi connectivity index (χ3n) is 2.41. The number of hydrogen-bond acceptors (Lipinski definition) is 4. The molecule has 0 aromatic rings. The van der Waals surface area contributed by atoms with E-state index in [2.05, 4.69) is 4.74 Å². The van der Waals surface area contributed by atoms with Crippen LogP contribution in [0.4, 0.5) is 0 Å². The molecule has 0 aliphatic carbocycles. The van der Waals surface area contributed by atoms with E-state index in [0.717, 1.165) is 0 Å². The summed E-state index contributed by atoms with van der Waals surface area (Å²) >= 11 is 0. The summed E-state index contributed by atoms with van der Waals surface area (Å²) < 4.78 is 9.70. The van der Waals surface area contributed by atoms with Crippen molar-refractivity contribution in [2.45, 2.75) is 32.8 Å². The van der Waals surface area contributed by atoms with Crippen LogP contribution in [0.15, 0.2) is 0 Å². The normalized spacial score (nSPS) is 11.1. The van der Waals surface area contributed by atoms with Gasteiger partial charge in [-0.05, 0) is 20.8 Å². The Morgan fingerprint density at radius 1 is 1.25 bits per heavy atom. The van der Waals surface area contributed by atoms with E-state index in [1.807, 2.05) is 20.8 Å². The second-order valence-corrected chi connectivity index (χ2v) is 4.12. The standard InChI is InChI=1S/C11H21NO4/c1-6-12(8-10(14)15-4)9(13)7-11(2,3)16-5/h6-8H2,1-5H3. The molecule has 0 unspecified atom stereocenters. The van der Waals surface area contributed by atoms with Crippen LogP contribution in [0.25, 0.3) is 0 Å². The zero-order valence-corrected chi connectivity index (χ0v) is 10.7. The first-order valence-electron chi connectivity index (χ1n) is 5.26. The average Bonchev–Trinajstić information content (AvgIpc) is 2.24. The summed E-state index contributed by atoms with van der Waals surface area (Å²) in [4.78, 5) is 24.4. The number of ether oxygens (including phenoxy) is 2. The number of esters is 1. The van der Waals surface area contributed by atoms with Crippen LogP contribution in [0.2, 0.25) is 0 Å². The van der Waals surface area contributed by atoms with Crippen LogP contribution in [-0.4, -0.2) is 49.7 Å². The van der Waals surface area contributed by atoms with Gasteiger partial charge in [0.25, 0.3) is 0 Å². The van der Waals surface area contributed by atoms with Gasteiger partial charge < -0.3 is 14.4 Å². The zero-order chi connectivity index (χ0) is 12.8. The summed E-state index contributed by atoms with van der Waals surface area (Å²) in [7, 11) is 2.86. The molecule has 0 bridgehead atoms. The van der Waals surface area contributed by atoms with Crippen LogP contribution in [0.1, 0.15) is 27.2 Å². The maximum atomic E-state index is 11.8. The van der Waals surface area contributed by atoms with Crippen LogP contribution in [0.5, 0.6) is 0 Å². The molecule has 0 N–H and O–H groups in total. The van der Waals surface area contributed by atoms with Crippen LogP contribution in [0.3, 0.4) is 0 Å². The fraction of sp³-hybridized carbons (Fsp3) is 0.818. The summed E-state index contributed by atoms with van der Waals surface area (Å²) in [5.41, 5.74) is -0.513. The van der Waals surface area contributed by atoms with Gasteiger partial charge >= 0.3 is 5.97 Å². The van der Waals surface area contributed by atoms with Gasteiger partial charge in [-0.2, -0.15) is 0 Å². The summed E-state index contributed by atoms with van der Waals surface area (Å²) in [6, 6.07) is 0. The largest absolute Gasteiger partial charge is 0.468 e. The maximum Gasteiger partial charge on any atom is 0.325 e. The molecule has 0 rings (SSSR count). The van der Waals surface area contributed by atoms with Crippen molar-refractivity contribution in [3.05, 3.63) is 0 Å². The highest BCUT2D eigenvalue weighted by molar-refractivity contribution is 5.82. The fourth-order valence-corrected chi connectivity index (χ4v) is 1.14. The Kier molecular flexibility index (Phi) is 6.03. The summed E-state index contributed by atoms with van der Waals surface area (Å²) in [6.45, 7) is 5.95. The van der Waals surface area contributed by atoms with E-state index in [1.165, 1.54) is 12.0 Å². The van der Waals surface area contributed by atoms with Crippen molar-refractivity contribution in [3.8, 4) is 0 Å². The Morgan fingerprint density at radius 2 is 1.81 bits per heavy atom. The SMILES string of the molecule is CCN(CC(=O)OC)C(=O)CC(C)(C)OC. The van der Waals surface area contributed by atoms with Gasteiger partial charge in [-0.3, -0.25) is 9.59 Å². The number of nitrogens with zero attached hydrogens (tertiary/aromatic N) is 1. The number of likely N-dealkylation sites (N-methyl/N-ethyl adjacent to an activating group) is 1. The van der Waals surface area contributed by atoms with Crippen LogP contribution in [0, 0.1) is 0 Å². The van der Waals surface area contributed by atoms with E-state index in [-0.39, 0.29) is 18.9 Å². The van der Waals surface area contributed by atoms with Gasteiger partial charge in [0.2, 0.25) is 5.91 Å². The molecule has 5 heteroatoms. The van der Waals surface area contributed by atoms with E-state index >= 15 is 0 Å². The molecule has 0 heterocycles. The molecule has 0 spiro atoms. The van der Waals surface area contributed by atoms with Crippen molar-refractivity contribution in [3.63, 3.8) is 0 Å². The minimum absolute atomic E-state index is 0.00831. The van der Waals surface area contributed by atoms with E-state index in [4.69, 9.17) is 4.74 Å². The molecule has 0 saturated carbocycles. The van der Waals surface area contributed by atoms with E-state index in [9.17, 15) is 9.59 Å². The minimum Gasteiger partial charge on any atom is -0.468 e. The highest BCUT2D eigenvalue weighted by atomic mass is 16.5. The summed E-state index contributed by atoms with van der Waals surface area (Å²) in [5.74, 6) is -0.523. The Labute approximate surface area is 96.7 Å². The van der Waals surface area contributed by atoms with Crippen molar-refractivity contribution in [2.24, 2.45) is 0 Å². The zero-order valence-electron chi connectivity index (χ0n) is 10.7. The number of hydrogen-bond donors (Lipinski definition) is 0. The first-order valence-corrected chi connectivity index (χ1v) is 5.26. The van der Waals surface area contributed by atoms with Gasteiger partial charge in [0.1, 0.15) is 6.54 Å². The molecule has 94 valence electrons. The lowest BCUT2D eigenvalue weighted by molar-refractivity contribution is -0.148. The van der Waals surface area contributed by atoms with Gasteiger partial charge in [-0.1, -0.05) is 0 Å². The molecular formula is C11H21NO4. The molecular weight excluding hydrogens is 210 g/mol. The molecule has 0 radical (unpaired) electrons. The van der Waals surface area contributed by atoms with Crippen molar-refractivity contribution in [1.29, 1.82) is 0 Å². The van der Waals surface area contributed by atoms with E-state index < -0.39 is 11.6 Å². The fourth-order valence-electron chi connectivity index (χ4n) is 1.14. The topological polar surface area (TPSA) is 55.8 Å². The predicted octanol–water partition coefficient (Wildman–Crippen LogP) is 0.823. The summed E-state index contributed by atoms with van der Waals surface area (Å²) in [6.07, 6.45) is 0.244. The molecule has 0 atom stereocenters. The Hall–Kier alpha value is -1.10. The lowest BCUT2D eigenvalue weighted by Crippen LogP contribution is -2.40. The van der Waals surface area contributed by atoms with Crippen molar-refractivity contribution >= 4 is 11.9 Å². The minimum atomic E-state index is -0.513. The van der Waals surface area contributed by atoms with E-state index in [1.54, 1.807) is 7.11 Å². The molecule has 5 nitrogen and oxygen atoms in total. The molecule has 1 amide bonds. The third kappa shape index (κ3) is 5.11. The lowest BCUT2D eigenvalue weighted by Gasteiger charge is -2.26. The van der Waals surface area contributed by atoms with Gasteiger partial charge in [0.05, 0.1) is 19.1 Å². The van der Waals surface area contributed by atoms with E-state index in [0.29, 0.717) is 6.54 Å². The number of amides is 1. The van der Waals surface area contributed by atoms with Crippen LogP contribution >= 0.6 is 0 Å². The third-order valence-corrected chi connectivity index (χ3v) is 2.41. The molecule has 16 heavy (non-hydrogen) atoms. The Morgan fingerprint density at radius 3 is 2.19 bits per heavy atom. The second-order valence-electron chi connectivity index (χ2n) is 4.12. The quantitative estimate of drug-likeness (QED) is 0.635. The predicted molar refractivity (Wildman–Crippen MR) is 60.0 cm³/mol.